The first-order chi connectivity index (χ1) is 6.72. The van der Waals surface area contributed by atoms with Crippen molar-refractivity contribution >= 4 is 5.91 Å². The van der Waals surface area contributed by atoms with Crippen molar-refractivity contribution in [1.82, 2.24) is 15.1 Å². The molecule has 0 aliphatic heterocycles. The average Bonchev–Trinajstić information content (AvgIpc) is 2.67. The van der Waals surface area contributed by atoms with E-state index in [1.54, 1.807) is 10.9 Å². The van der Waals surface area contributed by atoms with Crippen LogP contribution in [0.1, 0.15) is 13.3 Å². The fourth-order valence-corrected chi connectivity index (χ4v) is 1.05. The minimum atomic E-state index is 0.0125. The summed E-state index contributed by atoms with van der Waals surface area (Å²) in [5, 5.41) is 6.79. The number of amides is 1. The van der Waals surface area contributed by atoms with Crippen LogP contribution in [0.4, 0.5) is 0 Å². The highest BCUT2D eigenvalue weighted by molar-refractivity contribution is 5.76. The van der Waals surface area contributed by atoms with Crippen LogP contribution in [0, 0.1) is 0 Å². The molecule has 1 atom stereocenters. The molecule has 1 aromatic heterocycles. The Bertz CT molecular complexity index is 270. The Kier molecular flexibility index (Phi) is 4.12. The van der Waals surface area contributed by atoms with Crippen molar-refractivity contribution in [3.8, 4) is 0 Å². The first kappa shape index (κ1) is 10.7. The molecule has 78 valence electrons. The molecule has 0 fully saturated rings. The number of carbonyl (C=O) groups is 1. The maximum atomic E-state index is 11.3. The van der Waals surface area contributed by atoms with Crippen LogP contribution in [0.3, 0.4) is 0 Å². The minimum Gasteiger partial charge on any atom is -0.352 e. The number of aryl methyl sites for hydroxylation is 1. The number of aromatic nitrogens is 2. The van der Waals surface area contributed by atoms with Gasteiger partial charge < -0.3 is 11.1 Å². The third-order valence-corrected chi connectivity index (χ3v) is 1.89. The molecule has 0 radical (unpaired) electrons. The van der Waals surface area contributed by atoms with Crippen LogP contribution >= 0.6 is 0 Å². The quantitative estimate of drug-likeness (QED) is 0.681. The average molecular weight is 196 g/mol. The summed E-state index contributed by atoms with van der Waals surface area (Å²) in [7, 11) is 0. The molecule has 1 aromatic rings. The van der Waals surface area contributed by atoms with Crippen molar-refractivity contribution in [3.05, 3.63) is 18.5 Å². The van der Waals surface area contributed by atoms with E-state index in [1.807, 2.05) is 19.2 Å². The van der Waals surface area contributed by atoms with Gasteiger partial charge in [0, 0.05) is 37.9 Å². The fourth-order valence-electron chi connectivity index (χ4n) is 1.05. The normalized spacial score (nSPS) is 12.4. The molecule has 0 aliphatic rings. The molecule has 1 heterocycles. The third-order valence-electron chi connectivity index (χ3n) is 1.89. The Labute approximate surface area is 83.3 Å². The van der Waals surface area contributed by atoms with E-state index in [-0.39, 0.29) is 11.9 Å². The summed E-state index contributed by atoms with van der Waals surface area (Å²) in [6.07, 6.45) is 3.96. The second kappa shape index (κ2) is 5.39. The molecule has 0 saturated carbocycles. The summed E-state index contributed by atoms with van der Waals surface area (Å²) in [5.74, 6) is 0.0125. The van der Waals surface area contributed by atoms with Crippen molar-refractivity contribution in [2.75, 3.05) is 6.54 Å². The Morgan fingerprint density at radius 3 is 3.07 bits per heavy atom. The predicted octanol–water partition coefficient (Wildman–Crippen LogP) is -0.263. The van der Waals surface area contributed by atoms with Gasteiger partial charge in [-0.05, 0) is 13.0 Å². The maximum Gasteiger partial charge on any atom is 0.222 e. The van der Waals surface area contributed by atoms with E-state index in [0.29, 0.717) is 19.5 Å². The number of carbonyl (C=O) groups excluding carboxylic acids is 1. The molecule has 0 aliphatic carbocycles. The fraction of sp³-hybridized carbons (Fsp3) is 0.556. The van der Waals surface area contributed by atoms with E-state index < -0.39 is 0 Å². The van der Waals surface area contributed by atoms with Crippen LogP contribution in [-0.4, -0.2) is 28.3 Å². The summed E-state index contributed by atoms with van der Waals surface area (Å²) >= 11 is 0. The van der Waals surface area contributed by atoms with Crippen molar-refractivity contribution in [2.45, 2.75) is 25.9 Å². The zero-order chi connectivity index (χ0) is 10.4. The maximum absolute atomic E-state index is 11.3. The molecule has 5 heteroatoms. The van der Waals surface area contributed by atoms with Gasteiger partial charge >= 0.3 is 0 Å². The second-order valence-corrected chi connectivity index (χ2v) is 3.22. The molecule has 1 amide bonds. The lowest BCUT2D eigenvalue weighted by molar-refractivity contribution is -0.121. The number of hydrogen-bond donors (Lipinski definition) is 2. The van der Waals surface area contributed by atoms with Crippen molar-refractivity contribution in [1.29, 1.82) is 0 Å². The lowest BCUT2D eigenvalue weighted by atomic mass is 10.3. The topological polar surface area (TPSA) is 72.9 Å². The first-order valence-corrected chi connectivity index (χ1v) is 4.69. The highest BCUT2D eigenvalue weighted by Crippen LogP contribution is 1.90. The van der Waals surface area contributed by atoms with Crippen LogP contribution < -0.4 is 11.1 Å². The van der Waals surface area contributed by atoms with Gasteiger partial charge in [-0.1, -0.05) is 0 Å². The number of nitrogens with two attached hydrogens (primary N) is 1. The van der Waals surface area contributed by atoms with Crippen LogP contribution in [0.25, 0.3) is 0 Å². The smallest absolute Gasteiger partial charge is 0.222 e. The Morgan fingerprint density at radius 1 is 1.71 bits per heavy atom. The number of rotatable bonds is 5. The predicted molar refractivity (Wildman–Crippen MR) is 53.5 cm³/mol. The molecule has 3 N–H and O–H groups in total. The van der Waals surface area contributed by atoms with Crippen molar-refractivity contribution in [3.63, 3.8) is 0 Å². The summed E-state index contributed by atoms with van der Waals surface area (Å²) < 4.78 is 1.73. The van der Waals surface area contributed by atoms with Gasteiger partial charge in [-0.2, -0.15) is 5.10 Å². The van der Waals surface area contributed by atoms with Gasteiger partial charge in [0.2, 0.25) is 5.91 Å². The highest BCUT2D eigenvalue weighted by Gasteiger charge is 2.05. The van der Waals surface area contributed by atoms with Gasteiger partial charge in [-0.15, -0.1) is 0 Å². The van der Waals surface area contributed by atoms with E-state index >= 15 is 0 Å². The van der Waals surface area contributed by atoms with Gasteiger partial charge in [0.05, 0.1) is 0 Å². The molecular formula is C9H16N4O. The SMILES string of the molecule is CC(CN)NC(=O)CCn1cccn1. The number of nitrogens with one attached hydrogen (secondary N) is 1. The molecule has 0 aromatic carbocycles. The molecule has 0 bridgehead atoms. The lowest BCUT2D eigenvalue weighted by Crippen LogP contribution is -2.38. The molecule has 5 nitrogen and oxygen atoms in total. The minimum absolute atomic E-state index is 0.0125. The van der Waals surface area contributed by atoms with Crippen LogP contribution in [0.2, 0.25) is 0 Å². The van der Waals surface area contributed by atoms with Crippen LogP contribution in [0.15, 0.2) is 18.5 Å². The summed E-state index contributed by atoms with van der Waals surface area (Å²) in [6.45, 7) is 2.95. The number of hydrogen-bond acceptors (Lipinski definition) is 3. The zero-order valence-electron chi connectivity index (χ0n) is 8.31. The Balaban J connectivity index is 2.22. The van der Waals surface area contributed by atoms with Gasteiger partial charge in [-0.3, -0.25) is 9.48 Å². The number of nitrogens with zero attached hydrogens (tertiary/aromatic N) is 2. The second-order valence-electron chi connectivity index (χ2n) is 3.22. The molecule has 1 rings (SSSR count). The van der Waals surface area contributed by atoms with E-state index in [1.165, 1.54) is 0 Å². The van der Waals surface area contributed by atoms with Crippen molar-refractivity contribution in [2.24, 2.45) is 5.73 Å². The summed E-state index contributed by atoms with van der Waals surface area (Å²) in [5.41, 5.74) is 5.38. The van der Waals surface area contributed by atoms with Crippen LogP contribution in [0.5, 0.6) is 0 Å². The molecular weight excluding hydrogens is 180 g/mol. The van der Waals surface area contributed by atoms with Gasteiger partial charge in [-0.25, -0.2) is 0 Å². The molecule has 0 spiro atoms. The van der Waals surface area contributed by atoms with Crippen LogP contribution in [-0.2, 0) is 11.3 Å². The highest BCUT2D eigenvalue weighted by atomic mass is 16.1. The first-order valence-electron chi connectivity index (χ1n) is 4.69. The largest absolute Gasteiger partial charge is 0.352 e. The molecule has 14 heavy (non-hydrogen) atoms. The van der Waals surface area contributed by atoms with Gasteiger partial charge in [0.15, 0.2) is 0 Å². The Morgan fingerprint density at radius 2 is 2.50 bits per heavy atom. The summed E-state index contributed by atoms with van der Waals surface area (Å²) in [4.78, 5) is 11.3. The van der Waals surface area contributed by atoms with Gasteiger partial charge in [0.1, 0.15) is 0 Å². The van der Waals surface area contributed by atoms with E-state index in [4.69, 9.17) is 5.73 Å². The Hall–Kier alpha value is -1.36. The lowest BCUT2D eigenvalue weighted by Gasteiger charge is -2.10. The third kappa shape index (κ3) is 3.57. The van der Waals surface area contributed by atoms with E-state index in [2.05, 4.69) is 10.4 Å². The van der Waals surface area contributed by atoms with Gasteiger partial charge in [0.25, 0.3) is 0 Å². The molecule has 0 saturated heterocycles. The standard InChI is InChI=1S/C9H16N4O/c1-8(7-10)12-9(14)3-6-13-5-2-4-11-13/h2,4-5,8H,3,6-7,10H2,1H3,(H,12,14). The zero-order valence-corrected chi connectivity index (χ0v) is 8.31. The van der Waals surface area contributed by atoms with Crippen molar-refractivity contribution < 1.29 is 4.79 Å². The summed E-state index contributed by atoms with van der Waals surface area (Å²) in [6, 6.07) is 1.88. The monoisotopic (exact) mass is 196 g/mol. The molecule has 1 unspecified atom stereocenters. The van der Waals surface area contributed by atoms with E-state index in [0.717, 1.165) is 0 Å². The van der Waals surface area contributed by atoms with E-state index in [9.17, 15) is 4.79 Å².